The Morgan fingerprint density at radius 2 is 1.67 bits per heavy atom. The fraction of sp³-hybridized carbons (Fsp3) is 0.375. The highest BCUT2D eigenvalue weighted by molar-refractivity contribution is 6.05. The minimum Gasteiger partial charge on any atom is -0.481 e. The maximum Gasteiger partial charge on any atom is 0.413 e. The molecule has 0 heterocycles. The molecule has 0 radical (unpaired) electrons. The van der Waals surface area contributed by atoms with Gasteiger partial charge in [0.1, 0.15) is 11.4 Å². The van der Waals surface area contributed by atoms with Gasteiger partial charge in [0.15, 0.2) is 0 Å². The molecule has 0 atom stereocenters. The average Bonchev–Trinajstić information content (AvgIpc) is 2.44. The van der Waals surface area contributed by atoms with Crippen LogP contribution in [0.4, 0.5) is 4.79 Å². The summed E-state index contributed by atoms with van der Waals surface area (Å²) in [6.45, 7) is 5.18. The highest BCUT2D eigenvalue weighted by Crippen LogP contribution is 2.08. The maximum absolute atomic E-state index is 11.8. The number of nitrogens with one attached hydrogen (secondary N) is 3. The minimum atomic E-state index is -0.993. The predicted octanol–water partition coefficient (Wildman–Crippen LogP) is 1.74. The van der Waals surface area contributed by atoms with E-state index in [9.17, 15) is 14.4 Å². The molecule has 24 heavy (non-hydrogen) atoms. The van der Waals surface area contributed by atoms with Crippen molar-refractivity contribution in [1.82, 2.24) is 10.6 Å². The van der Waals surface area contributed by atoms with Gasteiger partial charge in [-0.2, -0.15) is 0 Å². The molecule has 0 fully saturated rings. The van der Waals surface area contributed by atoms with Crippen LogP contribution in [0.15, 0.2) is 24.3 Å². The number of hydrogen-bond acceptors (Lipinski definition) is 5. The molecule has 8 heteroatoms. The summed E-state index contributed by atoms with van der Waals surface area (Å²) >= 11 is 0. The Bertz CT molecular complexity index is 632. The summed E-state index contributed by atoms with van der Waals surface area (Å²) in [4.78, 5) is 33.8. The van der Waals surface area contributed by atoms with Crippen molar-refractivity contribution in [2.24, 2.45) is 0 Å². The number of benzene rings is 1. The third kappa shape index (κ3) is 6.91. The molecule has 1 aromatic rings. The van der Waals surface area contributed by atoms with Crippen molar-refractivity contribution in [3.63, 3.8) is 0 Å². The lowest BCUT2D eigenvalue weighted by Gasteiger charge is -2.19. The van der Waals surface area contributed by atoms with Gasteiger partial charge in [-0.25, -0.2) is 4.79 Å². The van der Waals surface area contributed by atoms with Gasteiger partial charge >= 0.3 is 12.1 Å². The van der Waals surface area contributed by atoms with Crippen molar-refractivity contribution in [1.29, 1.82) is 5.41 Å². The van der Waals surface area contributed by atoms with Gasteiger partial charge < -0.3 is 15.2 Å². The van der Waals surface area contributed by atoms with E-state index in [0.29, 0.717) is 11.1 Å². The van der Waals surface area contributed by atoms with Crippen LogP contribution in [0.2, 0.25) is 0 Å². The molecular weight excluding hydrogens is 314 g/mol. The standard InChI is InChI=1S/C16H21N3O5/c1-16(2,3)24-15(23)19-13(17)10-4-6-11(7-5-10)14(22)18-9-8-12(20)21/h4-7H,8-9H2,1-3H3,(H,18,22)(H,20,21)(H2,17,19,23). The lowest BCUT2D eigenvalue weighted by Crippen LogP contribution is -2.36. The van der Waals surface area contributed by atoms with Gasteiger partial charge in [-0.15, -0.1) is 0 Å². The van der Waals surface area contributed by atoms with Crippen LogP contribution in [0.3, 0.4) is 0 Å². The third-order valence-electron chi connectivity index (χ3n) is 2.69. The first-order valence-electron chi connectivity index (χ1n) is 7.27. The van der Waals surface area contributed by atoms with Crippen molar-refractivity contribution in [3.8, 4) is 0 Å². The van der Waals surface area contributed by atoms with Crippen molar-refractivity contribution in [2.45, 2.75) is 32.8 Å². The molecule has 8 nitrogen and oxygen atoms in total. The van der Waals surface area contributed by atoms with Crippen molar-refractivity contribution in [2.75, 3.05) is 6.54 Å². The van der Waals surface area contributed by atoms with Crippen molar-refractivity contribution in [3.05, 3.63) is 35.4 Å². The molecule has 0 saturated heterocycles. The van der Waals surface area contributed by atoms with Gasteiger partial charge in [-0.3, -0.25) is 20.3 Å². The van der Waals surface area contributed by atoms with E-state index in [1.165, 1.54) is 24.3 Å². The first-order chi connectivity index (χ1) is 11.1. The molecule has 2 amide bonds. The quantitative estimate of drug-likeness (QED) is 0.481. The fourth-order valence-corrected chi connectivity index (χ4v) is 1.65. The summed E-state index contributed by atoms with van der Waals surface area (Å²) in [6.07, 6.45) is -0.892. The number of carbonyl (C=O) groups excluding carboxylic acids is 2. The second-order valence-corrected chi connectivity index (χ2v) is 5.98. The number of amides is 2. The zero-order valence-corrected chi connectivity index (χ0v) is 13.8. The Morgan fingerprint density at radius 1 is 1.12 bits per heavy atom. The molecule has 0 unspecified atom stereocenters. The molecule has 4 N–H and O–H groups in total. The number of carbonyl (C=O) groups is 3. The second-order valence-electron chi connectivity index (χ2n) is 5.98. The van der Waals surface area contributed by atoms with Crippen LogP contribution >= 0.6 is 0 Å². The van der Waals surface area contributed by atoms with Gasteiger partial charge in [0.25, 0.3) is 5.91 Å². The Hall–Kier alpha value is -2.90. The summed E-state index contributed by atoms with van der Waals surface area (Å²) in [5, 5.41) is 21.1. The average molecular weight is 335 g/mol. The highest BCUT2D eigenvalue weighted by Gasteiger charge is 2.17. The number of alkyl carbamates (subject to hydrolysis) is 1. The third-order valence-corrected chi connectivity index (χ3v) is 2.69. The topological polar surface area (TPSA) is 129 Å². The number of carboxylic acids is 1. The van der Waals surface area contributed by atoms with E-state index in [0.717, 1.165) is 0 Å². The number of hydrogen-bond donors (Lipinski definition) is 4. The Kier molecular flexibility index (Phi) is 6.46. The molecule has 0 aliphatic carbocycles. The lowest BCUT2D eigenvalue weighted by atomic mass is 10.1. The summed E-state index contributed by atoms with van der Waals surface area (Å²) in [5.41, 5.74) is 0.0691. The van der Waals surface area contributed by atoms with E-state index in [-0.39, 0.29) is 18.8 Å². The number of ether oxygens (including phenoxy) is 1. The van der Waals surface area contributed by atoms with E-state index < -0.39 is 23.6 Å². The van der Waals surface area contributed by atoms with E-state index in [2.05, 4.69) is 10.6 Å². The summed E-state index contributed by atoms with van der Waals surface area (Å²) in [7, 11) is 0. The summed E-state index contributed by atoms with van der Waals surface area (Å²) < 4.78 is 5.05. The van der Waals surface area contributed by atoms with E-state index in [1.807, 2.05) is 0 Å². The first kappa shape index (κ1) is 19.1. The molecule has 0 saturated carbocycles. The van der Waals surface area contributed by atoms with Gasteiger partial charge in [-0.05, 0) is 32.9 Å². The Balaban J connectivity index is 2.60. The van der Waals surface area contributed by atoms with Gasteiger partial charge in [0.05, 0.1) is 6.42 Å². The molecule has 1 aromatic carbocycles. The molecule has 0 aromatic heterocycles. The van der Waals surface area contributed by atoms with E-state index in [1.54, 1.807) is 20.8 Å². The molecule has 0 aliphatic heterocycles. The molecule has 130 valence electrons. The SMILES string of the molecule is CC(C)(C)OC(=O)NC(=N)c1ccc(C(=O)NCCC(=O)O)cc1. The fourth-order valence-electron chi connectivity index (χ4n) is 1.65. The highest BCUT2D eigenvalue weighted by atomic mass is 16.6. The number of carboxylic acid groups (broad SMARTS) is 1. The zero-order valence-electron chi connectivity index (χ0n) is 13.8. The van der Waals surface area contributed by atoms with Crippen LogP contribution in [-0.2, 0) is 9.53 Å². The molecule has 0 aliphatic rings. The summed E-state index contributed by atoms with van der Waals surface area (Å²) in [6, 6.07) is 5.98. The summed E-state index contributed by atoms with van der Waals surface area (Å²) in [5.74, 6) is -1.55. The van der Waals surface area contributed by atoms with Gasteiger partial charge in [0.2, 0.25) is 0 Å². The minimum absolute atomic E-state index is 0.0337. The van der Waals surface area contributed by atoms with E-state index >= 15 is 0 Å². The smallest absolute Gasteiger partial charge is 0.413 e. The number of rotatable bonds is 5. The zero-order chi connectivity index (χ0) is 18.3. The second kappa shape index (κ2) is 8.09. The normalized spacial score (nSPS) is 10.6. The molecule has 0 spiro atoms. The Labute approximate surface area is 139 Å². The van der Waals surface area contributed by atoms with Crippen LogP contribution < -0.4 is 10.6 Å². The molecule has 0 bridgehead atoms. The van der Waals surface area contributed by atoms with Crippen LogP contribution in [0.1, 0.15) is 43.1 Å². The number of aliphatic carboxylic acids is 1. The van der Waals surface area contributed by atoms with Crippen LogP contribution in [0, 0.1) is 5.41 Å². The Morgan fingerprint density at radius 3 is 2.17 bits per heavy atom. The largest absolute Gasteiger partial charge is 0.481 e. The molecule has 1 rings (SSSR count). The maximum atomic E-state index is 11.8. The van der Waals surface area contributed by atoms with Crippen molar-refractivity contribution >= 4 is 23.8 Å². The van der Waals surface area contributed by atoms with Gasteiger partial charge in [-0.1, -0.05) is 12.1 Å². The lowest BCUT2D eigenvalue weighted by molar-refractivity contribution is -0.136. The van der Waals surface area contributed by atoms with E-state index in [4.69, 9.17) is 15.3 Å². The van der Waals surface area contributed by atoms with Gasteiger partial charge in [0, 0.05) is 17.7 Å². The first-order valence-corrected chi connectivity index (χ1v) is 7.27. The predicted molar refractivity (Wildman–Crippen MR) is 87.2 cm³/mol. The van der Waals surface area contributed by atoms with Crippen LogP contribution in [0.25, 0.3) is 0 Å². The van der Waals surface area contributed by atoms with Crippen molar-refractivity contribution < 1.29 is 24.2 Å². The number of amidine groups is 1. The van der Waals surface area contributed by atoms with Crippen LogP contribution in [0.5, 0.6) is 0 Å². The van der Waals surface area contributed by atoms with Crippen LogP contribution in [-0.4, -0.2) is 41.1 Å². The molecular formula is C16H21N3O5. The monoisotopic (exact) mass is 335 g/mol.